The van der Waals surface area contributed by atoms with Crippen molar-refractivity contribution in [3.8, 4) is 0 Å². The molecule has 5 unspecified atom stereocenters. The largest absolute Gasteiger partial charge is 0.451 e. The standard InChI is InChI=1S/C34H54FN5O5S/c1-22-11-24-14-33(8,38-29(42)36-21-32(6,7)44-19-23(2)39-46-30(43)45-31(3,4)5)20-34(13-22,15-24)37-16-28(41)40-17-25-9-10-27(35)12-26(25)18-40/h9-10,12,22-24,37,39H,11,13-21H2,1-8H3,(H2,36,38,42). The first-order chi connectivity index (χ1) is 21.3. The molecule has 0 saturated heterocycles. The summed E-state index contributed by atoms with van der Waals surface area (Å²) in [5, 5.41) is 9.53. The normalized spacial score (nSPS) is 26.7. The molecule has 1 aromatic rings. The van der Waals surface area contributed by atoms with Crippen molar-refractivity contribution in [2.45, 2.75) is 129 Å². The molecule has 0 aromatic heterocycles. The predicted octanol–water partition coefficient (Wildman–Crippen LogP) is 5.64. The third-order valence-electron chi connectivity index (χ3n) is 9.03. The van der Waals surface area contributed by atoms with Crippen molar-refractivity contribution in [2.24, 2.45) is 11.8 Å². The number of fused-ring (bicyclic) bond motifs is 3. The van der Waals surface area contributed by atoms with E-state index in [0.717, 1.165) is 55.2 Å². The summed E-state index contributed by atoms with van der Waals surface area (Å²) in [5.74, 6) is 0.696. The summed E-state index contributed by atoms with van der Waals surface area (Å²) in [7, 11) is 0. The van der Waals surface area contributed by atoms with Crippen molar-refractivity contribution in [1.29, 1.82) is 0 Å². The van der Waals surface area contributed by atoms with E-state index in [-0.39, 0.29) is 35.9 Å². The summed E-state index contributed by atoms with van der Waals surface area (Å²) in [4.78, 5) is 40.2. The average Bonchev–Trinajstić information content (AvgIpc) is 3.34. The molecule has 3 aliphatic rings. The number of urea groups is 1. The fourth-order valence-corrected chi connectivity index (χ4v) is 8.13. The minimum Gasteiger partial charge on any atom is -0.451 e. The second-order valence-corrected chi connectivity index (χ2v) is 16.6. The number of rotatable bonds is 11. The number of ether oxygens (including phenoxy) is 2. The Morgan fingerprint density at radius 3 is 2.54 bits per heavy atom. The molecular formula is C34H54FN5O5S. The number of hydrogen-bond acceptors (Lipinski definition) is 8. The molecule has 46 heavy (non-hydrogen) atoms. The lowest BCUT2D eigenvalue weighted by molar-refractivity contribution is -0.131. The van der Waals surface area contributed by atoms with Gasteiger partial charge in [-0.2, -0.15) is 0 Å². The van der Waals surface area contributed by atoms with Gasteiger partial charge in [0.2, 0.25) is 5.91 Å². The summed E-state index contributed by atoms with van der Waals surface area (Å²) >= 11 is 0.905. The van der Waals surface area contributed by atoms with E-state index in [1.807, 2.05) is 41.5 Å². The number of carbonyl (C=O) groups excluding carboxylic acids is 3. The van der Waals surface area contributed by atoms with Crippen molar-refractivity contribution in [2.75, 3.05) is 19.7 Å². The van der Waals surface area contributed by atoms with Gasteiger partial charge in [0.15, 0.2) is 0 Å². The Bertz CT molecular complexity index is 1270. The lowest BCUT2D eigenvalue weighted by atomic mass is 9.58. The van der Waals surface area contributed by atoms with Crippen molar-refractivity contribution in [3.63, 3.8) is 0 Å². The van der Waals surface area contributed by atoms with Gasteiger partial charge in [-0.3, -0.25) is 4.79 Å². The Morgan fingerprint density at radius 1 is 1.11 bits per heavy atom. The fourth-order valence-electron chi connectivity index (χ4n) is 7.48. The second-order valence-electron chi connectivity index (χ2n) is 15.8. The van der Waals surface area contributed by atoms with E-state index in [1.54, 1.807) is 11.0 Å². The summed E-state index contributed by atoms with van der Waals surface area (Å²) in [6.45, 7) is 17.4. The number of carbonyl (C=O) groups is 3. The number of amides is 3. The summed E-state index contributed by atoms with van der Waals surface area (Å²) in [6.07, 6.45) is 4.64. The van der Waals surface area contributed by atoms with E-state index < -0.39 is 22.0 Å². The monoisotopic (exact) mass is 663 g/mol. The molecule has 0 spiro atoms. The van der Waals surface area contributed by atoms with Gasteiger partial charge in [0, 0.05) is 48.7 Å². The average molecular weight is 664 g/mol. The molecule has 2 fully saturated rings. The number of nitrogens with zero attached hydrogens (tertiary/aromatic N) is 1. The SMILES string of the molecule is CC1CC2CC(C)(NC(=O)NCC(C)(C)OCC(C)NSC(=O)OC(C)(C)C)CC(NCC(=O)N3Cc4ccc(F)cc4C3)(C1)C2. The Labute approximate surface area is 278 Å². The third-order valence-corrected chi connectivity index (χ3v) is 9.80. The van der Waals surface area contributed by atoms with Crippen LogP contribution in [-0.4, -0.2) is 70.2 Å². The Balaban J connectivity index is 1.25. The van der Waals surface area contributed by atoms with Crippen LogP contribution in [0.1, 0.15) is 98.6 Å². The van der Waals surface area contributed by atoms with E-state index >= 15 is 0 Å². The Kier molecular flexibility index (Phi) is 11.4. The minimum absolute atomic E-state index is 0.00826. The van der Waals surface area contributed by atoms with Gasteiger partial charge in [0.1, 0.15) is 11.4 Å². The van der Waals surface area contributed by atoms with Gasteiger partial charge in [-0.25, -0.2) is 18.7 Å². The summed E-state index contributed by atoms with van der Waals surface area (Å²) in [6, 6.07) is 4.37. The zero-order chi connectivity index (χ0) is 33.9. The van der Waals surface area contributed by atoms with E-state index in [2.05, 4.69) is 34.5 Å². The van der Waals surface area contributed by atoms with Crippen LogP contribution in [0.15, 0.2) is 18.2 Å². The molecule has 2 bridgehead atoms. The quantitative estimate of drug-likeness (QED) is 0.177. The van der Waals surface area contributed by atoms with Crippen LogP contribution in [-0.2, 0) is 27.4 Å². The van der Waals surface area contributed by atoms with Crippen molar-refractivity contribution >= 4 is 29.2 Å². The fraction of sp³-hybridized carbons (Fsp3) is 0.735. The number of halogens is 1. The van der Waals surface area contributed by atoms with Crippen LogP contribution in [0, 0.1) is 17.7 Å². The predicted molar refractivity (Wildman–Crippen MR) is 179 cm³/mol. The maximum atomic E-state index is 13.7. The number of nitrogens with one attached hydrogen (secondary N) is 4. The maximum absolute atomic E-state index is 13.7. The van der Waals surface area contributed by atoms with Crippen LogP contribution in [0.3, 0.4) is 0 Å². The molecule has 1 aromatic carbocycles. The molecule has 1 heterocycles. The van der Waals surface area contributed by atoms with Gasteiger partial charge in [0.05, 0.1) is 18.8 Å². The molecule has 4 N–H and O–H groups in total. The van der Waals surface area contributed by atoms with E-state index in [1.165, 1.54) is 12.1 Å². The van der Waals surface area contributed by atoms with Gasteiger partial charge in [-0.15, -0.1) is 0 Å². The molecule has 258 valence electrons. The smallest absolute Gasteiger partial charge is 0.383 e. The molecule has 4 rings (SSSR count). The van der Waals surface area contributed by atoms with E-state index in [0.29, 0.717) is 38.1 Å². The van der Waals surface area contributed by atoms with Crippen LogP contribution < -0.4 is 20.7 Å². The van der Waals surface area contributed by atoms with Gasteiger partial charge < -0.3 is 30.3 Å². The van der Waals surface area contributed by atoms with E-state index in [9.17, 15) is 18.8 Å². The number of benzene rings is 1. The second kappa shape index (κ2) is 14.4. The minimum atomic E-state index is -0.632. The lowest BCUT2D eigenvalue weighted by Gasteiger charge is -2.55. The highest BCUT2D eigenvalue weighted by Crippen LogP contribution is 2.49. The van der Waals surface area contributed by atoms with Crippen molar-refractivity contribution < 1.29 is 28.2 Å². The molecule has 1 aliphatic heterocycles. The topological polar surface area (TPSA) is 121 Å². The molecule has 2 saturated carbocycles. The zero-order valence-electron chi connectivity index (χ0n) is 28.8. The third kappa shape index (κ3) is 10.6. The first kappa shape index (κ1) is 36.4. The summed E-state index contributed by atoms with van der Waals surface area (Å²) < 4.78 is 28.1. The van der Waals surface area contributed by atoms with E-state index in [4.69, 9.17) is 9.47 Å². The van der Waals surface area contributed by atoms with Crippen LogP contribution in [0.25, 0.3) is 0 Å². The highest BCUT2D eigenvalue weighted by atomic mass is 32.2. The van der Waals surface area contributed by atoms with Crippen molar-refractivity contribution in [1.82, 2.24) is 25.6 Å². The van der Waals surface area contributed by atoms with Crippen LogP contribution in [0.4, 0.5) is 14.0 Å². The first-order valence-electron chi connectivity index (χ1n) is 16.5. The molecule has 2 aliphatic carbocycles. The molecule has 12 heteroatoms. The Morgan fingerprint density at radius 2 is 1.83 bits per heavy atom. The summed E-state index contributed by atoms with van der Waals surface area (Å²) in [5.41, 5.74) is -0.000757. The highest BCUT2D eigenvalue weighted by molar-refractivity contribution is 8.11. The van der Waals surface area contributed by atoms with Gasteiger partial charge >= 0.3 is 11.3 Å². The molecular weight excluding hydrogens is 609 g/mol. The highest BCUT2D eigenvalue weighted by Gasteiger charge is 2.50. The maximum Gasteiger partial charge on any atom is 0.383 e. The van der Waals surface area contributed by atoms with Crippen LogP contribution in [0.5, 0.6) is 0 Å². The Hall–Kier alpha value is -2.41. The lowest BCUT2D eigenvalue weighted by Crippen LogP contribution is -2.65. The van der Waals surface area contributed by atoms with Crippen LogP contribution >= 0.6 is 11.9 Å². The molecule has 5 atom stereocenters. The van der Waals surface area contributed by atoms with Crippen LogP contribution in [0.2, 0.25) is 0 Å². The molecule has 0 radical (unpaired) electrons. The van der Waals surface area contributed by atoms with Gasteiger partial charge in [-0.1, -0.05) is 13.0 Å². The number of hydrogen-bond donors (Lipinski definition) is 4. The zero-order valence-corrected chi connectivity index (χ0v) is 29.6. The van der Waals surface area contributed by atoms with Gasteiger partial charge in [0.25, 0.3) is 0 Å². The van der Waals surface area contributed by atoms with Gasteiger partial charge in [-0.05, 0) is 116 Å². The first-order valence-corrected chi connectivity index (χ1v) is 17.3. The van der Waals surface area contributed by atoms with Crippen molar-refractivity contribution in [3.05, 3.63) is 35.1 Å². The molecule has 10 nitrogen and oxygen atoms in total. The molecule has 3 amide bonds.